The summed E-state index contributed by atoms with van der Waals surface area (Å²) in [4.78, 5) is 19.3. The SMILES string of the molecule is CCC12CC3CC1C2C3N.O=C(O)CCC(=O)O. The van der Waals surface area contributed by atoms with Crippen LogP contribution in [0.2, 0.25) is 0 Å². The normalized spacial score (nSPS) is 42.1. The van der Waals surface area contributed by atoms with Crippen LogP contribution in [0.4, 0.5) is 0 Å². The van der Waals surface area contributed by atoms with Crippen molar-refractivity contribution in [2.45, 2.75) is 45.1 Å². The van der Waals surface area contributed by atoms with E-state index in [1.165, 1.54) is 19.3 Å². The molecule has 4 aliphatic carbocycles. The Morgan fingerprint density at radius 1 is 1.28 bits per heavy atom. The van der Waals surface area contributed by atoms with E-state index in [1.807, 2.05) is 0 Å². The summed E-state index contributed by atoms with van der Waals surface area (Å²) >= 11 is 0. The van der Waals surface area contributed by atoms with E-state index in [2.05, 4.69) is 6.92 Å². The van der Waals surface area contributed by atoms with Gasteiger partial charge in [-0.1, -0.05) is 6.92 Å². The molecule has 5 unspecified atom stereocenters. The smallest absolute Gasteiger partial charge is 0.303 e. The molecule has 0 aromatic rings. The minimum Gasteiger partial charge on any atom is -0.481 e. The molecule has 0 radical (unpaired) electrons. The van der Waals surface area contributed by atoms with Gasteiger partial charge in [0.1, 0.15) is 0 Å². The molecule has 0 saturated heterocycles. The van der Waals surface area contributed by atoms with E-state index in [0.717, 1.165) is 23.2 Å². The first-order valence-electron chi connectivity index (χ1n) is 6.61. The van der Waals surface area contributed by atoms with Gasteiger partial charge in [-0.25, -0.2) is 0 Å². The Bertz CT molecular complexity index is 356. The highest BCUT2D eigenvalue weighted by atomic mass is 16.4. The lowest BCUT2D eigenvalue weighted by Gasteiger charge is -2.04. The molecule has 102 valence electrons. The van der Waals surface area contributed by atoms with Gasteiger partial charge in [0.25, 0.3) is 0 Å². The maximum atomic E-state index is 9.64. The fourth-order valence-electron chi connectivity index (χ4n) is 4.27. The van der Waals surface area contributed by atoms with Gasteiger partial charge in [-0.15, -0.1) is 0 Å². The molecule has 5 atom stereocenters. The number of carboxylic acid groups (broad SMARTS) is 2. The Kier molecular flexibility index (Phi) is 3.36. The minimum atomic E-state index is -1.08. The first-order valence-corrected chi connectivity index (χ1v) is 6.61. The van der Waals surface area contributed by atoms with Crippen molar-refractivity contribution in [3.8, 4) is 0 Å². The van der Waals surface area contributed by atoms with E-state index < -0.39 is 11.9 Å². The number of nitrogens with two attached hydrogens (primary N) is 1. The fourth-order valence-corrected chi connectivity index (χ4v) is 4.27. The number of carbonyl (C=O) groups is 2. The van der Waals surface area contributed by atoms with E-state index in [1.54, 1.807) is 0 Å². The molecule has 4 saturated carbocycles. The van der Waals surface area contributed by atoms with Gasteiger partial charge >= 0.3 is 11.9 Å². The highest BCUT2D eigenvalue weighted by molar-refractivity contribution is 5.75. The quantitative estimate of drug-likeness (QED) is 0.703. The molecule has 4 fully saturated rings. The Hall–Kier alpha value is -1.10. The van der Waals surface area contributed by atoms with Crippen LogP contribution in [0.15, 0.2) is 0 Å². The van der Waals surface area contributed by atoms with Gasteiger partial charge in [-0.2, -0.15) is 0 Å². The van der Waals surface area contributed by atoms with Crippen LogP contribution >= 0.6 is 0 Å². The second-order valence-electron chi connectivity index (χ2n) is 5.78. The largest absolute Gasteiger partial charge is 0.481 e. The molecule has 0 amide bonds. The molecule has 5 heteroatoms. The number of carboxylic acids is 2. The molecule has 0 aromatic carbocycles. The van der Waals surface area contributed by atoms with Crippen molar-refractivity contribution in [2.75, 3.05) is 0 Å². The Morgan fingerprint density at radius 2 is 1.83 bits per heavy atom. The minimum absolute atomic E-state index is 0.296. The first-order chi connectivity index (χ1) is 8.42. The first kappa shape index (κ1) is 13.3. The van der Waals surface area contributed by atoms with Crippen LogP contribution in [-0.4, -0.2) is 28.2 Å². The van der Waals surface area contributed by atoms with Crippen molar-refractivity contribution in [1.82, 2.24) is 0 Å². The lowest BCUT2D eigenvalue weighted by molar-refractivity contribution is -0.143. The van der Waals surface area contributed by atoms with E-state index >= 15 is 0 Å². The van der Waals surface area contributed by atoms with Gasteiger partial charge in [0.2, 0.25) is 0 Å². The molecule has 4 aliphatic rings. The van der Waals surface area contributed by atoms with Gasteiger partial charge in [0.15, 0.2) is 0 Å². The van der Waals surface area contributed by atoms with E-state index in [-0.39, 0.29) is 12.8 Å². The summed E-state index contributed by atoms with van der Waals surface area (Å²) in [6.07, 6.45) is 3.75. The van der Waals surface area contributed by atoms with Gasteiger partial charge in [-0.05, 0) is 42.4 Å². The van der Waals surface area contributed by atoms with Gasteiger partial charge in [-0.3, -0.25) is 9.59 Å². The molecule has 0 spiro atoms. The van der Waals surface area contributed by atoms with Crippen LogP contribution in [-0.2, 0) is 9.59 Å². The molecule has 18 heavy (non-hydrogen) atoms. The molecule has 0 aliphatic heterocycles. The molecule has 0 heterocycles. The Labute approximate surface area is 106 Å². The highest BCUT2D eigenvalue weighted by Crippen LogP contribution is 2.79. The van der Waals surface area contributed by atoms with Crippen molar-refractivity contribution in [3.63, 3.8) is 0 Å². The maximum Gasteiger partial charge on any atom is 0.303 e. The van der Waals surface area contributed by atoms with Crippen molar-refractivity contribution in [2.24, 2.45) is 28.9 Å². The number of aliphatic carboxylic acids is 2. The lowest BCUT2D eigenvalue weighted by Crippen LogP contribution is -2.23. The average molecular weight is 255 g/mol. The summed E-state index contributed by atoms with van der Waals surface area (Å²) in [5.41, 5.74) is 6.85. The summed E-state index contributed by atoms with van der Waals surface area (Å²) in [7, 11) is 0. The molecule has 4 rings (SSSR count). The lowest BCUT2D eigenvalue weighted by atomic mass is 10.0. The molecular weight excluding hydrogens is 234 g/mol. The molecule has 4 N–H and O–H groups in total. The van der Waals surface area contributed by atoms with Crippen molar-refractivity contribution >= 4 is 11.9 Å². The molecule has 0 aromatic heterocycles. The number of hydrogen-bond donors (Lipinski definition) is 3. The van der Waals surface area contributed by atoms with Crippen LogP contribution in [0, 0.1) is 23.2 Å². The van der Waals surface area contributed by atoms with Crippen LogP contribution in [0.25, 0.3) is 0 Å². The summed E-state index contributed by atoms with van der Waals surface area (Å²) in [5.74, 6) is 0.801. The van der Waals surface area contributed by atoms with E-state index in [4.69, 9.17) is 15.9 Å². The zero-order valence-corrected chi connectivity index (χ0v) is 10.6. The van der Waals surface area contributed by atoms with Crippen molar-refractivity contribution < 1.29 is 19.8 Å². The zero-order valence-electron chi connectivity index (χ0n) is 10.6. The summed E-state index contributed by atoms with van der Waals surface area (Å²) < 4.78 is 0. The predicted molar refractivity (Wildman–Crippen MR) is 64.9 cm³/mol. The topological polar surface area (TPSA) is 101 Å². The standard InChI is InChI=1S/C9H15N.C4H6O4/c1-2-9-4-5-3-6(9)7(9)8(5)10;5-3(6)1-2-4(7)8/h5-8H,2-4,10H2,1H3;1-2H2,(H,5,6)(H,7,8). The average Bonchev–Trinajstić information content (AvgIpc) is 2.64. The van der Waals surface area contributed by atoms with Crippen LogP contribution in [0.1, 0.15) is 39.0 Å². The van der Waals surface area contributed by atoms with E-state index in [0.29, 0.717) is 6.04 Å². The summed E-state index contributed by atoms with van der Waals surface area (Å²) in [6, 6.07) is 0.602. The summed E-state index contributed by atoms with van der Waals surface area (Å²) in [5, 5.41) is 15.8. The second kappa shape index (κ2) is 4.53. The van der Waals surface area contributed by atoms with Crippen LogP contribution < -0.4 is 5.73 Å². The van der Waals surface area contributed by atoms with Crippen LogP contribution in [0.5, 0.6) is 0 Å². The van der Waals surface area contributed by atoms with Crippen LogP contribution in [0.3, 0.4) is 0 Å². The van der Waals surface area contributed by atoms with Crippen molar-refractivity contribution in [1.29, 1.82) is 0 Å². The van der Waals surface area contributed by atoms with E-state index in [9.17, 15) is 9.59 Å². The monoisotopic (exact) mass is 255 g/mol. The Balaban J connectivity index is 0.000000139. The summed E-state index contributed by atoms with van der Waals surface area (Å²) in [6.45, 7) is 2.34. The second-order valence-corrected chi connectivity index (χ2v) is 5.78. The molecular formula is C13H21NO4. The predicted octanol–water partition coefficient (Wildman–Crippen LogP) is 1.32. The van der Waals surface area contributed by atoms with Gasteiger partial charge in [0, 0.05) is 6.04 Å². The third kappa shape index (κ3) is 2.00. The van der Waals surface area contributed by atoms with Crippen molar-refractivity contribution in [3.05, 3.63) is 0 Å². The van der Waals surface area contributed by atoms with Gasteiger partial charge in [0.05, 0.1) is 12.8 Å². The van der Waals surface area contributed by atoms with Gasteiger partial charge < -0.3 is 15.9 Å². The third-order valence-electron chi connectivity index (χ3n) is 5.10. The highest BCUT2D eigenvalue weighted by Gasteiger charge is 2.76. The number of rotatable bonds is 4. The zero-order chi connectivity index (χ0) is 13.5. The fraction of sp³-hybridized carbons (Fsp3) is 0.846. The third-order valence-corrected chi connectivity index (χ3v) is 5.10. The maximum absolute atomic E-state index is 9.64. The Morgan fingerprint density at radius 3 is 2.00 bits per heavy atom. The molecule has 5 nitrogen and oxygen atoms in total. The molecule has 4 bridgehead atoms. The number of hydrogen-bond acceptors (Lipinski definition) is 3.